The molecule has 3 rings (SSSR count). The zero-order valence-corrected chi connectivity index (χ0v) is 18.3. The lowest BCUT2D eigenvalue weighted by molar-refractivity contribution is -0.385. The fourth-order valence-electron chi connectivity index (χ4n) is 2.52. The van der Waals surface area contributed by atoms with E-state index in [1.165, 1.54) is 24.4 Å². The van der Waals surface area contributed by atoms with Gasteiger partial charge in [0.2, 0.25) is 0 Å². The number of pyridine rings is 1. The van der Waals surface area contributed by atoms with Gasteiger partial charge >= 0.3 is 6.18 Å². The van der Waals surface area contributed by atoms with Crippen molar-refractivity contribution in [1.82, 2.24) is 4.98 Å². The van der Waals surface area contributed by atoms with Gasteiger partial charge in [-0.05, 0) is 42.8 Å². The summed E-state index contributed by atoms with van der Waals surface area (Å²) in [7, 11) is -1.81. The Morgan fingerprint density at radius 2 is 1.81 bits per heavy atom. The molecule has 1 aromatic heterocycles. The summed E-state index contributed by atoms with van der Waals surface area (Å²) in [5, 5.41) is 10.8. The van der Waals surface area contributed by atoms with Gasteiger partial charge in [0.15, 0.2) is 5.15 Å². The summed E-state index contributed by atoms with van der Waals surface area (Å²) in [6.07, 6.45) is -3.37. The van der Waals surface area contributed by atoms with E-state index in [1.807, 2.05) is 0 Å². The second-order valence-corrected chi connectivity index (χ2v) is 8.33. The summed E-state index contributed by atoms with van der Waals surface area (Å²) in [5.74, 6) is -0.836. The zero-order chi connectivity index (χ0) is 23.6. The van der Waals surface area contributed by atoms with Crippen molar-refractivity contribution in [2.75, 3.05) is 4.72 Å². The van der Waals surface area contributed by atoms with Crippen molar-refractivity contribution in [3.63, 3.8) is 0 Å². The van der Waals surface area contributed by atoms with Crippen LogP contribution < -0.4 is 9.46 Å². The maximum atomic E-state index is 13.3. The van der Waals surface area contributed by atoms with E-state index in [-0.39, 0.29) is 20.8 Å². The maximum absolute atomic E-state index is 13.3. The average molecular weight is 506 g/mol. The number of rotatable bonds is 6. The number of anilines is 1. The first-order chi connectivity index (χ1) is 15.0. The summed E-state index contributed by atoms with van der Waals surface area (Å²) >= 11 is 12.1. The van der Waals surface area contributed by atoms with Crippen LogP contribution in [0, 0.1) is 17.0 Å². The normalized spacial score (nSPS) is 12.3. The van der Waals surface area contributed by atoms with E-state index < -0.39 is 39.1 Å². The number of nitro groups is 1. The predicted molar refractivity (Wildman–Crippen MR) is 114 cm³/mol. The first-order valence-electron chi connectivity index (χ1n) is 8.59. The van der Waals surface area contributed by atoms with Gasteiger partial charge in [-0.25, -0.2) is 9.19 Å². The molecule has 32 heavy (non-hydrogen) atoms. The van der Waals surface area contributed by atoms with Crippen molar-refractivity contribution in [3.05, 3.63) is 80.1 Å². The minimum Gasteiger partial charge on any atom is -0.455 e. The quantitative estimate of drug-likeness (QED) is 0.233. The molecule has 1 N–H and O–H groups in total. The number of nitrogens with one attached hydrogen (secondary N) is 1. The molecule has 0 amide bonds. The minimum absolute atomic E-state index is 0.104. The van der Waals surface area contributed by atoms with Gasteiger partial charge < -0.3 is 4.74 Å². The molecule has 1 unspecified atom stereocenters. The molecule has 0 aliphatic heterocycles. The number of ether oxygens (including phenoxy) is 1. The molecule has 0 saturated heterocycles. The molecule has 0 radical (unpaired) electrons. The second kappa shape index (κ2) is 9.31. The molecule has 168 valence electrons. The standard InChI is InChI=1S/C19H12Cl2F3N3O4S/c1-10-6-15(18(21)25-9-10)26-32(30)12-3-5-17(14(20)8-12)31-16-4-2-11(27(28)29)7-13(16)19(22,23)24/h2-9,26H,1H3. The maximum Gasteiger partial charge on any atom is 0.420 e. The number of hydrogen-bond donors (Lipinski definition) is 1. The van der Waals surface area contributed by atoms with E-state index in [4.69, 9.17) is 27.9 Å². The van der Waals surface area contributed by atoms with Crippen LogP contribution in [0.5, 0.6) is 11.5 Å². The fourth-order valence-corrected chi connectivity index (χ4v) is 3.90. The highest BCUT2D eigenvalue weighted by atomic mass is 35.5. The number of aryl methyl sites for hydroxylation is 1. The molecule has 0 saturated carbocycles. The highest BCUT2D eigenvalue weighted by Gasteiger charge is 2.36. The van der Waals surface area contributed by atoms with Gasteiger partial charge in [-0.1, -0.05) is 23.2 Å². The van der Waals surface area contributed by atoms with Crippen molar-refractivity contribution in [1.29, 1.82) is 0 Å². The molecule has 1 atom stereocenters. The summed E-state index contributed by atoms with van der Waals surface area (Å²) in [6.45, 7) is 1.77. The van der Waals surface area contributed by atoms with Crippen LogP contribution in [0.3, 0.4) is 0 Å². The number of halogens is 5. The molecular weight excluding hydrogens is 494 g/mol. The molecular formula is C19H12Cl2F3N3O4S. The van der Waals surface area contributed by atoms with E-state index in [9.17, 15) is 27.5 Å². The number of aromatic nitrogens is 1. The highest BCUT2D eigenvalue weighted by molar-refractivity contribution is 7.86. The van der Waals surface area contributed by atoms with Gasteiger partial charge in [0.05, 0.1) is 20.5 Å². The Balaban J connectivity index is 1.87. The molecule has 7 nitrogen and oxygen atoms in total. The first-order valence-corrected chi connectivity index (χ1v) is 10.5. The van der Waals surface area contributed by atoms with Gasteiger partial charge in [0.25, 0.3) is 5.69 Å². The van der Waals surface area contributed by atoms with Gasteiger partial charge in [-0.3, -0.25) is 14.8 Å². The van der Waals surface area contributed by atoms with Crippen LogP contribution in [0.2, 0.25) is 10.2 Å². The van der Waals surface area contributed by atoms with E-state index in [0.29, 0.717) is 11.8 Å². The van der Waals surface area contributed by atoms with Gasteiger partial charge in [0.1, 0.15) is 28.0 Å². The number of nitro benzene ring substituents is 1. The van der Waals surface area contributed by atoms with E-state index >= 15 is 0 Å². The topological polar surface area (TPSA) is 94.4 Å². The van der Waals surface area contributed by atoms with E-state index in [2.05, 4.69) is 9.71 Å². The Hall–Kier alpha value is -2.89. The third kappa shape index (κ3) is 5.47. The Morgan fingerprint density at radius 3 is 2.44 bits per heavy atom. The summed E-state index contributed by atoms with van der Waals surface area (Å²) in [5.41, 5.74) is -0.975. The van der Waals surface area contributed by atoms with Gasteiger partial charge in [-0.15, -0.1) is 0 Å². The molecule has 3 aromatic rings. The number of alkyl halides is 3. The second-order valence-electron chi connectivity index (χ2n) is 6.35. The SMILES string of the molecule is Cc1cnc(Cl)c(NS(=O)c2ccc(Oc3ccc([N+](=O)[O-])cc3C(F)(F)F)c(Cl)c2)c1. The number of non-ortho nitro benzene ring substituents is 1. The molecule has 0 aliphatic carbocycles. The number of hydrogen-bond acceptors (Lipinski definition) is 5. The predicted octanol–water partition coefficient (Wildman–Crippen LogP) is 6.55. The summed E-state index contributed by atoms with van der Waals surface area (Å²) in [4.78, 5) is 14.0. The smallest absolute Gasteiger partial charge is 0.420 e. The molecule has 0 bridgehead atoms. The number of benzene rings is 2. The Labute approximate surface area is 191 Å². The molecule has 13 heteroatoms. The van der Waals surface area contributed by atoms with Crippen molar-refractivity contribution in [3.8, 4) is 11.5 Å². The van der Waals surface area contributed by atoms with E-state index in [1.54, 1.807) is 13.0 Å². The Morgan fingerprint density at radius 1 is 1.12 bits per heavy atom. The van der Waals surface area contributed by atoms with Crippen molar-refractivity contribution in [2.24, 2.45) is 0 Å². The highest BCUT2D eigenvalue weighted by Crippen LogP contribution is 2.41. The summed E-state index contributed by atoms with van der Waals surface area (Å²) in [6, 6.07) is 7.53. The third-order valence-corrected chi connectivity index (χ3v) is 5.68. The van der Waals surface area contributed by atoms with Crippen LogP contribution in [-0.2, 0) is 17.2 Å². The van der Waals surface area contributed by atoms with Crippen molar-refractivity contribution in [2.45, 2.75) is 18.0 Å². The van der Waals surface area contributed by atoms with Crippen molar-refractivity contribution >= 4 is 45.6 Å². The molecule has 0 spiro atoms. The lowest BCUT2D eigenvalue weighted by atomic mass is 10.1. The van der Waals surface area contributed by atoms with Crippen LogP contribution in [0.25, 0.3) is 0 Å². The molecule has 0 fully saturated rings. The lowest BCUT2D eigenvalue weighted by Gasteiger charge is -2.15. The number of nitrogens with zero attached hydrogens (tertiary/aromatic N) is 2. The molecule has 0 aliphatic rings. The molecule has 2 aromatic carbocycles. The van der Waals surface area contributed by atoms with Gasteiger partial charge in [-0.2, -0.15) is 13.2 Å². The Kier molecular flexibility index (Phi) is 6.91. The minimum atomic E-state index is -4.90. The average Bonchev–Trinajstić information content (AvgIpc) is 2.71. The zero-order valence-electron chi connectivity index (χ0n) is 15.9. The van der Waals surface area contributed by atoms with Crippen LogP contribution in [0.4, 0.5) is 24.5 Å². The van der Waals surface area contributed by atoms with E-state index in [0.717, 1.165) is 17.7 Å². The van der Waals surface area contributed by atoms with Crippen LogP contribution in [0.1, 0.15) is 11.1 Å². The Bertz CT molecular complexity index is 1220. The third-order valence-electron chi connectivity index (χ3n) is 4.00. The van der Waals surface area contributed by atoms with Crippen LogP contribution in [-0.4, -0.2) is 14.1 Å². The monoisotopic (exact) mass is 505 g/mol. The van der Waals surface area contributed by atoms with Crippen LogP contribution in [0.15, 0.2) is 53.6 Å². The molecule has 1 heterocycles. The largest absolute Gasteiger partial charge is 0.455 e. The first kappa shape index (κ1) is 23.8. The summed E-state index contributed by atoms with van der Waals surface area (Å²) < 4.78 is 60.5. The van der Waals surface area contributed by atoms with Crippen molar-refractivity contribution < 1.29 is 27.0 Å². The lowest BCUT2D eigenvalue weighted by Crippen LogP contribution is -2.08. The van der Waals surface area contributed by atoms with Gasteiger partial charge in [0, 0.05) is 18.3 Å². The van der Waals surface area contributed by atoms with Crippen LogP contribution >= 0.6 is 23.2 Å². The fraction of sp³-hybridized carbons (Fsp3) is 0.105.